The number of halogens is 11. The molecule has 0 fully saturated rings. The van der Waals surface area contributed by atoms with Gasteiger partial charge in [0.05, 0.1) is 22.8 Å². The second-order valence-electron chi connectivity index (χ2n) is 27.3. The molecule has 6 nitrogen and oxygen atoms in total. The molecule has 0 unspecified atom stereocenters. The van der Waals surface area contributed by atoms with Gasteiger partial charge in [-0.25, -0.2) is 13.2 Å². The number of hydrogen-bond acceptors (Lipinski definition) is 4. The van der Waals surface area contributed by atoms with Gasteiger partial charge < -0.3 is 4.57 Å². The summed E-state index contributed by atoms with van der Waals surface area (Å²) in [5.74, 6) is -0.744. The maximum atomic E-state index is 12.9. The van der Waals surface area contributed by atoms with E-state index < -0.39 is 40.9 Å². The van der Waals surface area contributed by atoms with E-state index in [1.54, 1.807) is 27.7 Å². The predicted molar refractivity (Wildman–Crippen MR) is 411 cm³/mol. The lowest BCUT2D eigenvalue weighted by atomic mass is 9.99. The van der Waals surface area contributed by atoms with Crippen LogP contribution in [-0.2, 0) is 19.4 Å². The molecule has 1 N–H and O–H groups in total. The molecule has 17 heteroatoms. The van der Waals surface area contributed by atoms with Gasteiger partial charge in [0.25, 0.3) is 0 Å². The van der Waals surface area contributed by atoms with Gasteiger partial charge in [-0.05, 0) is 188 Å². The van der Waals surface area contributed by atoms with Crippen LogP contribution in [0.1, 0.15) is 230 Å². The number of nitrogens with zero attached hydrogens (tertiary/aromatic N) is 5. The number of H-pyrrole nitrogens is 1. The lowest BCUT2D eigenvalue weighted by molar-refractivity contribution is -0.141. The van der Waals surface area contributed by atoms with Gasteiger partial charge in [0.15, 0.2) is 11.6 Å². The molecule has 9 aromatic carbocycles. The van der Waals surface area contributed by atoms with Crippen LogP contribution in [-0.4, -0.2) is 25.2 Å². The Balaban J connectivity index is 0.000000248. The van der Waals surface area contributed by atoms with Crippen molar-refractivity contribution in [1.29, 1.82) is 5.26 Å². The van der Waals surface area contributed by atoms with Crippen LogP contribution in [0.4, 0.5) is 39.5 Å². The molecule has 544 valence electrons. The normalized spacial score (nSPS) is 11.1. The number of nitrogens with one attached hydrogen (secondary N) is 1. The van der Waals surface area contributed by atoms with Crippen molar-refractivity contribution >= 4 is 53.5 Å². The van der Waals surface area contributed by atoms with E-state index in [9.17, 15) is 39.5 Å². The maximum Gasteiger partial charge on any atom is 0.419 e. The molecule has 0 spiro atoms. The molecule has 102 heavy (non-hydrogen) atoms. The van der Waals surface area contributed by atoms with Gasteiger partial charge in [-0.3, -0.25) is 0 Å². The first-order chi connectivity index (χ1) is 47.7. The van der Waals surface area contributed by atoms with Gasteiger partial charge in [-0.1, -0.05) is 270 Å². The summed E-state index contributed by atoms with van der Waals surface area (Å²) < 4.78 is 117. The summed E-state index contributed by atoms with van der Waals surface area (Å²) in [5.41, 5.74) is 11.7. The lowest BCUT2D eigenvalue weighted by Gasteiger charge is -2.12. The van der Waals surface area contributed by atoms with Crippen molar-refractivity contribution in [3.8, 4) is 17.5 Å². The molecule has 11 rings (SSSR count). The molecule has 0 aliphatic heterocycles. The van der Waals surface area contributed by atoms with Crippen LogP contribution in [0.15, 0.2) is 197 Å². The Morgan fingerprint density at radius 1 is 0.441 bits per heavy atom. The van der Waals surface area contributed by atoms with Crippen molar-refractivity contribution in [2.24, 2.45) is 7.05 Å². The maximum absolute atomic E-state index is 12.9. The number of tetrazole rings is 1. The summed E-state index contributed by atoms with van der Waals surface area (Å²) in [6.45, 7) is 37.3. The number of aromatic nitrogens is 5. The Labute approximate surface area is 615 Å². The average molecular weight is 1530 g/mol. The Hall–Kier alpha value is -8.33. The van der Waals surface area contributed by atoms with E-state index in [1.807, 2.05) is 36.4 Å². The lowest BCUT2D eigenvalue weighted by Crippen LogP contribution is -2.11. The zero-order valence-electron chi connectivity index (χ0n) is 61.9. The first-order valence-corrected chi connectivity index (χ1v) is 35.7. The summed E-state index contributed by atoms with van der Waals surface area (Å²) >= 11 is 7.07. The van der Waals surface area contributed by atoms with Gasteiger partial charge in [-0.2, -0.15) is 36.8 Å². The molecule has 0 aliphatic rings. The molecular weight excluding hydrogens is 1440 g/mol. The highest BCUT2D eigenvalue weighted by Gasteiger charge is 2.36. The van der Waals surface area contributed by atoms with Crippen LogP contribution in [0.2, 0.25) is 0 Å². The number of nitriles is 1. The third kappa shape index (κ3) is 27.1. The zero-order chi connectivity index (χ0) is 76.5. The SMILES string of the molecule is CC(C)c1cc(F)c(F)c(C(F)(F)F)c1.CC(C)c1ccc(F)c(C(F)(F)F)c1.CC(C)c1ccc2ccccc2c1.CC(C)c1cccc(-c2nn[nH]n2)c1.CC(C)c1cccc(C#N)c1.CC(C)c1cn(C)c2ccccc12.Cc1c(Br)cc(C(C)C)cc1Br.Cc1cccc(C(C)C)c1. The summed E-state index contributed by atoms with van der Waals surface area (Å²) in [6.07, 6.45) is -7.25. The summed E-state index contributed by atoms with van der Waals surface area (Å²) in [5, 5.41) is 26.5. The molecule has 0 aliphatic carbocycles. The highest BCUT2D eigenvalue weighted by atomic mass is 79.9. The summed E-state index contributed by atoms with van der Waals surface area (Å²) in [7, 11) is 2.11. The van der Waals surface area contributed by atoms with Gasteiger partial charge in [-0.15, -0.1) is 10.2 Å². The third-order valence-electron chi connectivity index (χ3n) is 16.5. The van der Waals surface area contributed by atoms with Crippen LogP contribution in [0.3, 0.4) is 0 Å². The van der Waals surface area contributed by atoms with Crippen LogP contribution in [0.5, 0.6) is 0 Å². The van der Waals surface area contributed by atoms with E-state index in [0.29, 0.717) is 53.0 Å². The number of aromatic amines is 1. The smallest absolute Gasteiger partial charge is 0.350 e. The van der Waals surface area contributed by atoms with Gasteiger partial charge in [0, 0.05) is 38.7 Å². The molecule has 0 atom stereocenters. The minimum atomic E-state index is -4.87. The minimum Gasteiger partial charge on any atom is -0.350 e. The quantitative estimate of drug-likeness (QED) is 0.146. The molecule has 2 heterocycles. The fourth-order valence-corrected chi connectivity index (χ4v) is 11.2. The molecular formula is C85H97Br2F9N6. The van der Waals surface area contributed by atoms with Crippen LogP contribution < -0.4 is 0 Å². The number of fused-ring (bicyclic) bond motifs is 2. The Morgan fingerprint density at radius 2 is 0.902 bits per heavy atom. The Bertz CT molecular complexity index is 4400. The number of hydrogen-bond donors (Lipinski definition) is 1. The fraction of sp³-hybridized carbons (Fsp3) is 0.341. The topological polar surface area (TPSA) is 83.2 Å². The zero-order valence-corrected chi connectivity index (χ0v) is 65.1. The number of alkyl halides is 6. The number of para-hydroxylation sites is 1. The standard InChI is InChI=1S/C13H14.C12H15N.C10H12Br2.C10H9F5.C10H10F4.C10H12N4.C10H11N.C10H14/c1-10(2)12-8-7-11-5-3-4-6-13(11)9-12;1-9(2)11-8-13(3)12-7-5-4-6-10(11)12;1-6(2)8-4-9(11)7(3)10(12)5-8;1-5(2)6-3-7(10(13,14)15)9(12)8(11)4-6;1-6(2)7-3-4-9(11)8(5-7)10(12,13)14;1-7(2)8-4-3-5-9(6-8)10-11-13-14-12-10;1-8(2)10-5-3-4-9(6-10)7-11;1-8(2)10-6-4-5-9(3)7-10/h3-10H,1-2H3;4-9H,1-3H3;4-6H,1-3H3;3-5H,1-2H3;3-6H,1-2H3;3-7H,1-2H3,(H,11,12,13,14);3-6,8H,1-2H3;4-8H,1-3H3. The molecule has 0 bridgehead atoms. The van der Waals surface area contributed by atoms with Crippen molar-refractivity contribution in [3.05, 3.63) is 287 Å². The molecule has 0 saturated heterocycles. The Kier molecular flexibility index (Phi) is 34.2. The number of aryl methyl sites for hydroxylation is 2. The van der Waals surface area contributed by atoms with E-state index in [1.165, 1.54) is 81.2 Å². The highest BCUT2D eigenvalue weighted by Crippen LogP contribution is 2.36. The fourth-order valence-electron chi connectivity index (χ4n) is 9.98. The number of benzene rings is 9. The van der Waals surface area contributed by atoms with Crippen molar-refractivity contribution in [3.63, 3.8) is 0 Å². The second-order valence-corrected chi connectivity index (χ2v) is 29.0. The summed E-state index contributed by atoms with van der Waals surface area (Å²) in [4.78, 5) is 0. The Morgan fingerprint density at radius 3 is 1.40 bits per heavy atom. The molecule has 0 amide bonds. The van der Waals surface area contributed by atoms with E-state index >= 15 is 0 Å². The van der Waals surface area contributed by atoms with Crippen molar-refractivity contribution in [2.75, 3.05) is 0 Å². The molecule has 0 saturated carbocycles. The molecule has 11 aromatic rings. The predicted octanol–water partition coefficient (Wildman–Crippen LogP) is 27.8. The van der Waals surface area contributed by atoms with E-state index in [0.717, 1.165) is 29.3 Å². The summed E-state index contributed by atoms with van der Waals surface area (Å²) in [6, 6.07) is 59.4. The van der Waals surface area contributed by atoms with Crippen molar-refractivity contribution in [2.45, 2.75) is 184 Å². The minimum absolute atomic E-state index is 0.0447. The van der Waals surface area contributed by atoms with Gasteiger partial charge in [0.2, 0.25) is 5.82 Å². The van der Waals surface area contributed by atoms with E-state index in [4.69, 9.17) is 5.26 Å². The van der Waals surface area contributed by atoms with Crippen LogP contribution in [0, 0.1) is 42.6 Å². The van der Waals surface area contributed by atoms with Crippen LogP contribution in [0.25, 0.3) is 33.1 Å². The first-order valence-electron chi connectivity index (χ1n) is 34.1. The van der Waals surface area contributed by atoms with Gasteiger partial charge >= 0.3 is 12.4 Å². The van der Waals surface area contributed by atoms with Crippen molar-refractivity contribution < 1.29 is 39.5 Å². The third-order valence-corrected chi connectivity index (χ3v) is 18.1. The van der Waals surface area contributed by atoms with Crippen LogP contribution >= 0.6 is 31.9 Å². The second kappa shape index (κ2) is 40.5. The van der Waals surface area contributed by atoms with E-state index in [-0.39, 0.29) is 17.4 Å². The highest BCUT2D eigenvalue weighted by molar-refractivity contribution is 9.11. The molecule has 2 aromatic heterocycles. The van der Waals surface area contributed by atoms with Crippen molar-refractivity contribution in [1.82, 2.24) is 25.2 Å². The first kappa shape index (κ1) is 86.1. The molecule has 0 radical (unpaired) electrons. The average Bonchev–Trinajstić information content (AvgIpc) is 1.62. The monoisotopic (exact) mass is 1530 g/mol. The van der Waals surface area contributed by atoms with E-state index in [2.05, 4.69) is 289 Å². The largest absolute Gasteiger partial charge is 0.419 e. The van der Waals surface area contributed by atoms with Gasteiger partial charge in [0.1, 0.15) is 5.82 Å². The number of rotatable bonds is 9.